The normalized spacial score (nSPS) is 13.1. The Morgan fingerprint density at radius 2 is 1.93 bits per heavy atom. The van der Waals surface area contributed by atoms with Crippen LogP contribution in [0.2, 0.25) is 0 Å². The molecule has 0 unspecified atom stereocenters. The molecule has 0 fully saturated rings. The number of esters is 2. The number of nitrogens with zero attached hydrogens (tertiary/aromatic N) is 1. The van der Waals surface area contributed by atoms with Crippen molar-refractivity contribution in [1.82, 2.24) is 9.97 Å². The molecule has 1 aliphatic rings. The number of H-pyrrole nitrogens is 1. The van der Waals surface area contributed by atoms with Crippen LogP contribution in [-0.4, -0.2) is 29.0 Å². The van der Waals surface area contributed by atoms with Gasteiger partial charge in [-0.1, -0.05) is 12.1 Å². The number of hydrogen-bond acceptors (Lipinski definition) is 7. The molecular formula is C22H22N2O5S. The van der Waals surface area contributed by atoms with Gasteiger partial charge in [0.2, 0.25) is 0 Å². The molecule has 30 heavy (non-hydrogen) atoms. The average Bonchev–Trinajstić information content (AvgIpc) is 3.15. The minimum atomic E-state index is -0.413. The lowest BCUT2D eigenvalue weighted by Gasteiger charge is -2.09. The third-order valence-corrected chi connectivity index (χ3v) is 6.40. The van der Waals surface area contributed by atoms with Crippen molar-refractivity contribution in [2.24, 2.45) is 0 Å². The molecule has 0 bridgehead atoms. The van der Waals surface area contributed by atoms with E-state index in [4.69, 9.17) is 4.74 Å². The van der Waals surface area contributed by atoms with Crippen LogP contribution in [0.15, 0.2) is 29.1 Å². The van der Waals surface area contributed by atoms with Crippen LogP contribution in [0, 0.1) is 0 Å². The number of aromatic amines is 1. The second-order valence-electron chi connectivity index (χ2n) is 7.25. The number of fused-ring (bicyclic) bond motifs is 3. The van der Waals surface area contributed by atoms with E-state index in [-0.39, 0.29) is 24.6 Å². The van der Waals surface area contributed by atoms with Crippen LogP contribution in [0.25, 0.3) is 10.2 Å². The van der Waals surface area contributed by atoms with E-state index in [0.717, 1.165) is 47.0 Å². The first-order valence-electron chi connectivity index (χ1n) is 9.91. The molecule has 0 radical (unpaired) electrons. The second-order valence-corrected chi connectivity index (χ2v) is 8.34. The Balaban J connectivity index is 1.35. The van der Waals surface area contributed by atoms with Crippen molar-refractivity contribution in [3.05, 3.63) is 62.0 Å². The van der Waals surface area contributed by atoms with Crippen molar-refractivity contribution in [3.63, 3.8) is 0 Å². The maximum absolute atomic E-state index is 12.5. The Bertz CT molecular complexity index is 1150. The van der Waals surface area contributed by atoms with Gasteiger partial charge in [0.25, 0.3) is 5.56 Å². The number of ether oxygens (including phenoxy) is 2. The van der Waals surface area contributed by atoms with Gasteiger partial charge < -0.3 is 14.5 Å². The van der Waals surface area contributed by atoms with Gasteiger partial charge in [0.05, 0.1) is 24.5 Å². The molecule has 7 nitrogen and oxygen atoms in total. The number of carbonyl (C=O) groups excluding carboxylic acids is 2. The van der Waals surface area contributed by atoms with Gasteiger partial charge in [-0.2, -0.15) is 0 Å². The van der Waals surface area contributed by atoms with Crippen LogP contribution >= 0.6 is 11.3 Å². The predicted octanol–water partition coefficient (Wildman–Crippen LogP) is 3.33. The van der Waals surface area contributed by atoms with E-state index in [1.807, 2.05) is 0 Å². The van der Waals surface area contributed by atoms with Crippen molar-refractivity contribution in [2.75, 3.05) is 7.11 Å². The van der Waals surface area contributed by atoms with Gasteiger partial charge in [0.15, 0.2) is 0 Å². The molecule has 3 aromatic rings. The highest BCUT2D eigenvalue weighted by Crippen LogP contribution is 2.33. The summed E-state index contributed by atoms with van der Waals surface area (Å²) in [6.07, 6.45) is 4.65. The third-order valence-electron chi connectivity index (χ3n) is 5.21. The number of aromatic nitrogens is 2. The summed E-state index contributed by atoms with van der Waals surface area (Å²) >= 11 is 1.59. The molecule has 2 aromatic heterocycles. The van der Waals surface area contributed by atoms with Crippen molar-refractivity contribution < 1.29 is 19.1 Å². The molecule has 4 rings (SSSR count). The lowest BCUT2D eigenvalue weighted by atomic mass is 9.97. The molecule has 1 N–H and O–H groups in total. The number of carbonyl (C=O) groups is 2. The number of aryl methyl sites for hydroxylation is 3. The number of thiophene rings is 1. The zero-order valence-electron chi connectivity index (χ0n) is 16.7. The first-order valence-corrected chi connectivity index (χ1v) is 10.7. The summed E-state index contributed by atoms with van der Waals surface area (Å²) in [5.41, 5.74) is 2.24. The first kappa shape index (κ1) is 20.3. The van der Waals surface area contributed by atoms with Crippen LogP contribution in [0.4, 0.5) is 0 Å². The third kappa shape index (κ3) is 4.28. The minimum absolute atomic E-state index is 0.112. The Labute approximate surface area is 177 Å². The molecule has 0 aliphatic heterocycles. The summed E-state index contributed by atoms with van der Waals surface area (Å²) in [5, 5.41) is 0.719. The quantitative estimate of drug-likeness (QED) is 0.607. The van der Waals surface area contributed by atoms with Crippen LogP contribution in [0.3, 0.4) is 0 Å². The largest absolute Gasteiger partial charge is 0.465 e. The highest BCUT2D eigenvalue weighted by Gasteiger charge is 2.20. The zero-order chi connectivity index (χ0) is 21.1. The van der Waals surface area contributed by atoms with Gasteiger partial charge in [0, 0.05) is 11.3 Å². The maximum atomic E-state index is 12.5. The van der Waals surface area contributed by atoms with E-state index < -0.39 is 5.97 Å². The highest BCUT2D eigenvalue weighted by atomic mass is 32.1. The molecular weight excluding hydrogens is 404 g/mol. The van der Waals surface area contributed by atoms with E-state index in [9.17, 15) is 14.4 Å². The summed E-state index contributed by atoms with van der Waals surface area (Å²) in [6, 6.07) is 6.68. The second kappa shape index (κ2) is 8.79. The van der Waals surface area contributed by atoms with E-state index in [1.165, 1.54) is 12.0 Å². The van der Waals surface area contributed by atoms with Crippen LogP contribution in [-0.2, 0) is 40.1 Å². The Morgan fingerprint density at radius 1 is 1.17 bits per heavy atom. The van der Waals surface area contributed by atoms with Crippen molar-refractivity contribution in [3.8, 4) is 0 Å². The van der Waals surface area contributed by atoms with Gasteiger partial charge in [-0.05, 0) is 48.9 Å². The number of methoxy groups -OCH3 is 1. The van der Waals surface area contributed by atoms with E-state index >= 15 is 0 Å². The topological polar surface area (TPSA) is 98.3 Å². The molecule has 0 spiro atoms. The average molecular weight is 426 g/mol. The minimum Gasteiger partial charge on any atom is -0.465 e. The van der Waals surface area contributed by atoms with Gasteiger partial charge in [0.1, 0.15) is 17.3 Å². The molecule has 1 aliphatic carbocycles. The molecule has 2 heterocycles. The van der Waals surface area contributed by atoms with E-state index in [0.29, 0.717) is 17.8 Å². The summed E-state index contributed by atoms with van der Waals surface area (Å²) in [4.78, 5) is 45.5. The van der Waals surface area contributed by atoms with Crippen LogP contribution < -0.4 is 5.56 Å². The van der Waals surface area contributed by atoms with Gasteiger partial charge in [-0.25, -0.2) is 9.78 Å². The molecule has 1 aromatic carbocycles. The molecule has 0 amide bonds. The lowest BCUT2D eigenvalue weighted by Crippen LogP contribution is -2.14. The standard InChI is InChI=1S/C22H22N2O5S/c1-28-22(27)14-8-6-13(7-9-14)12-29-18(25)11-10-17-23-20(26)19-15-4-2-3-5-16(15)30-21(19)24-17/h6-9H,2-5,10-12H2,1H3,(H,23,24,26). The number of benzene rings is 1. The summed E-state index contributed by atoms with van der Waals surface area (Å²) in [6.45, 7) is 0.112. The predicted molar refractivity (Wildman–Crippen MR) is 113 cm³/mol. The van der Waals surface area contributed by atoms with Crippen molar-refractivity contribution in [1.29, 1.82) is 0 Å². The Morgan fingerprint density at radius 3 is 2.70 bits per heavy atom. The molecule has 0 saturated carbocycles. The zero-order valence-corrected chi connectivity index (χ0v) is 17.5. The van der Waals surface area contributed by atoms with Crippen LogP contribution in [0.5, 0.6) is 0 Å². The van der Waals surface area contributed by atoms with Gasteiger partial charge >= 0.3 is 11.9 Å². The van der Waals surface area contributed by atoms with Crippen molar-refractivity contribution >= 4 is 33.5 Å². The maximum Gasteiger partial charge on any atom is 0.337 e. The fraction of sp³-hybridized carbons (Fsp3) is 0.364. The Kier molecular flexibility index (Phi) is 5.94. The van der Waals surface area contributed by atoms with Gasteiger partial charge in [-0.15, -0.1) is 11.3 Å². The smallest absolute Gasteiger partial charge is 0.337 e. The van der Waals surface area contributed by atoms with Crippen LogP contribution in [0.1, 0.15) is 51.4 Å². The fourth-order valence-corrected chi connectivity index (χ4v) is 4.92. The number of nitrogens with one attached hydrogen (secondary N) is 1. The fourth-order valence-electron chi connectivity index (χ4n) is 3.64. The molecule has 0 atom stereocenters. The van der Waals surface area contributed by atoms with E-state index in [2.05, 4.69) is 14.7 Å². The summed E-state index contributed by atoms with van der Waals surface area (Å²) in [5.74, 6) is -0.283. The van der Waals surface area contributed by atoms with E-state index in [1.54, 1.807) is 35.6 Å². The number of rotatable bonds is 6. The Hall–Kier alpha value is -3.00. The first-order chi connectivity index (χ1) is 14.5. The van der Waals surface area contributed by atoms with Crippen molar-refractivity contribution in [2.45, 2.75) is 45.1 Å². The lowest BCUT2D eigenvalue weighted by molar-refractivity contribution is -0.144. The molecule has 8 heteroatoms. The highest BCUT2D eigenvalue weighted by molar-refractivity contribution is 7.18. The molecule has 0 saturated heterocycles. The number of hydrogen-bond donors (Lipinski definition) is 1. The molecule has 156 valence electrons. The van der Waals surface area contributed by atoms with Gasteiger partial charge in [-0.3, -0.25) is 9.59 Å². The monoisotopic (exact) mass is 426 g/mol. The summed E-state index contributed by atoms with van der Waals surface area (Å²) < 4.78 is 9.94. The summed E-state index contributed by atoms with van der Waals surface area (Å²) in [7, 11) is 1.32. The SMILES string of the molecule is COC(=O)c1ccc(COC(=O)CCc2nc3sc4c(c3c(=O)[nH]2)CCCC4)cc1.